The number of carbonyl (C=O) groups is 2. The standard InChI is InChI=1S/C16H14BrFN2O2/c17-12-6-3-5-11(8-12)16(22)20-14(15(19)21)9-10-4-1-2-7-13(10)18/h1-8,14H,9H2,(H2,19,21)(H,20,22)/t14-/m1/s1. The molecule has 0 unspecified atom stereocenters. The Bertz CT molecular complexity index is 706. The van der Waals surface area contributed by atoms with Crippen LogP contribution in [-0.2, 0) is 11.2 Å². The fourth-order valence-corrected chi connectivity index (χ4v) is 2.38. The highest BCUT2D eigenvalue weighted by atomic mass is 79.9. The molecule has 0 heterocycles. The Morgan fingerprint density at radius 3 is 2.55 bits per heavy atom. The molecule has 0 aliphatic heterocycles. The average Bonchev–Trinajstić information content (AvgIpc) is 2.48. The second kappa shape index (κ2) is 7.17. The van der Waals surface area contributed by atoms with Gasteiger partial charge in [0.15, 0.2) is 0 Å². The van der Waals surface area contributed by atoms with Gasteiger partial charge in [0.05, 0.1) is 0 Å². The molecule has 4 nitrogen and oxygen atoms in total. The molecule has 1 atom stereocenters. The van der Waals surface area contributed by atoms with Crippen molar-refractivity contribution in [2.45, 2.75) is 12.5 Å². The van der Waals surface area contributed by atoms with Gasteiger partial charge in [0.2, 0.25) is 5.91 Å². The summed E-state index contributed by atoms with van der Waals surface area (Å²) in [6, 6.07) is 11.8. The summed E-state index contributed by atoms with van der Waals surface area (Å²) in [5.74, 6) is -1.60. The fraction of sp³-hybridized carbons (Fsp3) is 0.125. The molecule has 2 amide bonds. The quantitative estimate of drug-likeness (QED) is 0.854. The average molecular weight is 365 g/mol. The normalized spacial score (nSPS) is 11.7. The van der Waals surface area contributed by atoms with E-state index in [4.69, 9.17) is 5.73 Å². The molecule has 0 spiro atoms. The molecule has 2 rings (SSSR count). The number of primary amides is 1. The zero-order valence-corrected chi connectivity index (χ0v) is 13.1. The largest absolute Gasteiger partial charge is 0.368 e. The van der Waals surface area contributed by atoms with Crippen molar-refractivity contribution in [2.24, 2.45) is 5.73 Å². The van der Waals surface area contributed by atoms with Crippen molar-refractivity contribution < 1.29 is 14.0 Å². The van der Waals surface area contributed by atoms with Gasteiger partial charge in [0.25, 0.3) is 5.91 Å². The Labute approximate surface area is 135 Å². The summed E-state index contributed by atoms with van der Waals surface area (Å²) in [7, 11) is 0. The van der Waals surface area contributed by atoms with Crippen molar-refractivity contribution in [3.05, 3.63) is 69.9 Å². The van der Waals surface area contributed by atoms with Crippen LogP contribution in [0.3, 0.4) is 0 Å². The first kappa shape index (κ1) is 16.2. The molecule has 0 aliphatic carbocycles. The second-order valence-corrected chi connectivity index (χ2v) is 5.65. The molecule has 114 valence electrons. The lowest BCUT2D eigenvalue weighted by atomic mass is 10.0. The number of halogens is 2. The Kier molecular flexibility index (Phi) is 5.27. The van der Waals surface area contributed by atoms with E-state index < -0.39 is 23.7 Å². The first-order chi connectivity index (χ1) is 10.5. The Hall–Kier alpha value is -2.21. The number of hydrogen-bond donors (Lipinski definition) is 2. The van der Waals surface area contributed by atoms with Crippen LogP contribution in [-0.4, -0.2) is 17.9 Å². The van der Waals surface area contributed by atoms with Crippen LogP contribution in [0.1, 0.15) is 15.9 Å². The molecule has 0 saturated heterocycles. The van der Waals surface area contributed by atoms with Gasteiger partial charge in [-0.15, -0.1) is 0 Å². The van der Waals surface area contributed by atoms with Gasteiger partial charge in [-0.2, -0.15) is 0 Å². The molecule has 6 heteroatoms. The van der Waals surface area contributed by atoms with Crippen molar-refractivity contribution in [3.8, 4) is 0 Å². The monoisotopic (exact) mass is 364 g/mol. The van der Waals surface area contributed by atoms with Gasteiger partial charge in [-0.05, 0) is 29.8 Å². The van der Waals surface area contributed by atoms with Crippen molar-refractivity contribution in [3.63, 3.8) is 0 Å². The summed E-state index contributed by atoms with van der Waals surface area (Å²) in [6.45, 7) is 0. The van der Waals surface area contributed by atoms with Gasteiger partial charge in [0.1, 0.15) is 11.9 Å². The highest BCUT2D eigenvalue weighted by Crippen LogP contribution is 2.13. The summed E-state index contributed by atoms with van der Waals surface area (Å²) in [5, 5.41) is 2.53. The smallest absolute Gasteiger partial charge is 0.251 e. The molecule has 0 aliphatic rings. The minimum absolute atomic E-state index is 0.00174. The zero-order valence-electron chi connectivity index (χ0n) is 11.6. The lowest BCUT2D eigenvalue weighted by Crippen LogP contribution is -2.46. The van der Waals surface area contributed by atoms with E-state index in [9.17, 15) is 14.0 Å². The van der Waals surface area contributed by atoms with Gasteiger partial charge in [-0.1, -0.05) is 40.2 Å². The third-order valence-electron chi connectivity index (χ3n) is 3.12. The second-order valence-electron chi connectivity index (χ2n) is 4.73. The lowest BCUT2D eigenvalue weighted by molar-refractivity contribution is -0.119. The summed E-state index contributed by atoms with van der Waals surface area (Å²) in [4.78, 5) is 23.7. The van der Waals surface area contributed by atoms with Gasteiger partial charge in [-0.3, -0.25) is 9.59 Å². The van der Waals surface area contributed by atoms with Crippen LogP contribution in [0.5, 0.6) is 0 Å². The van der Waals surface area contributed by atoms with Crippen LogP contribution < -0.4 is 11.1 Å². The number of benzene rings is 2. The van der Waals surface area contributed by atoms with E-state index in [0.29, 0.717) is 11.1 Å². The fourth-order valence-electron chi connectivity index (χ4n) is 1.98. The van der Waals surface area contributed by atoms with Gasteiger partial charge in [0, 0.05) is 16.5 Å². The predicted octanol–water partition coefficient (Wildman–Crippen LogP) is 2.41. The van der Waals surface area contributed by atoms with E-state index in [1.54, 1.807) is 42.5 Å². The topological polar surface area (TPSA) is 72.2 Å². The van der Waals surface area contributed by atoms with Crippen LogP contribution in [0.15, 0.2) is 53.0 Å². The maximum Gasteiger partial charge on any atom is 0.251 e. The number of nitrogens with two attached hydrogens (primary N) is 1. The van der Waals surface area contributed by atoms with Gasteiger partial charge in [-0.25, -0.2) is 4.39 Å². The number of hydrogen-bond acceptors (Lipinski definition) is 2. The van der Waals surface area contributed by atoms with E-state index in [-0.39, 0.29) is 6.42 Å². The van der Waals surface area contributed by atoms with Crippen LogP contribution in [0, 0.1) is 5.82 Å². The number of amides is 2. The molecule has 0 fully saturated rings. The van der Waals surface area contributed by atoms with E-state index in [2.05, 4.69) is 21.2 Å². The van der Waals surface area contributed by atoms with Crippen molar-refractivity contribution in [1.82, 2.24) is 5.32 Å². The number of carbonyl (C=O) groups excluding carboxylic acids is 2. The van der Waals surface area contributed by atoms with Crippen LogP contribution >= 0.6 is 15.9 Å². The Morgan fingerprint density at radius 2 is 1.91 bits per heavy atom. The summed E-state index contributed by atoms with van der Waals surface area (Å²) in [6.07, 6.45) is 0.00174. The first-order valence-electron chi connectivity index (χ1n) is 6.56. The number of nitrogens with one attached hydrogen (secondary N) is 1. The molecule has 0 aromatic heterocycles. The first-order valence-corrected chi connectivity index (χ1v) is 7.36. The Balaban J connectivity index is 2.14. The van der Waals surface area contributed by atoms with E-state index >= 15 is 0 Å². The van der Waals surface area contributed by atoms with Gasteiger partial charge >= 0.3 is 0 Å². The molecular formula is C16H14BrFN2O2. The zero-order chi connectivity index (χ0) is 16.1. The molecule has 3 N–H and O–H groups in total. The van der Waals surface area contributed by atoms with Crippen LogP contribution in [0.2, 0.25) is 0 Å². The number of rotatable bonds is 5. The SMILES string of the molecule is NC(=O)[C@@H](Cc1ccccc1F)NC(=O)c1cccc(Br)c1. The van der Waals surface area contributed by atoms with Crippen molar-refractivity contribution >= 4 is 27.7 Å². The summed E-state index contributed by atoms with van der Waals surface area (Å²) < 4.78 is 14.4. The minimum atomic E-state index is -0.983. The molecule has 0 bridgehead atoms. The highest BCUT2D eigenvalue weighted by molar-refractivity contribution is 9.10. The van der Waals surface area contributed by atoms with E-state index in [0.717, 1.165) is 4.47 Å². The molecule has 0 radical (unpaired) electrons. The van der Waals surface area contributed by atoms with E-state index in [1.807, 2.05) is 0 Å². The summed E-state index contributed by atoms with van der Waals surface area (Å²) in [5.41, 5.74) is 6.01. The van der Waals surface area contributed by atoms with Gasteiger partial charge < -0.3 is 11.1 Å². The lowest BCUT2D eigenvalue weighted by Gasteiger charge is -2.16. The predicted molar refractivity (Wildman–Crippen MR) is 84.7 cm³/mol. The molecule has 22 heavy (non-hydrogen) atoms. The van der Waals surface area contributed by atoms with Crippen molar-refractivity contribution in [1.29, 1.82) is 0 Å². The Morgan fingerprint density at radius 1 is 1.18 bits per heavy atom. The third-order valence-corrected chi connectivity index (χ3v) is 3.61. The minimum Gasteiger partial charge on any atom is -0.368 e. The molecule has 2 aromatic carbocycles. The van der Waals surface area contributed by atoms with Crippen molar-refractivity contribution in [2.75, 3.05) is 0 Å². The molecular weight excluding hydrogens is 351 g/mol. The highest BCUT2D eigenvalue weighted by Gasteiger charge is 2.20. The summed E-state index contributed by atoms with van der Waals surface area (Å²) >= 11 is 3.27. The third kappa shape index (κ3) is 4.14. The maximum atomic E-state index is 13.7. The van der Waals surface area contributed by atoms with Crippen LogP contribution in [0.4, 0.5) is 4.39 Å². The molecule has 0 saturated carbocycles. The van der Waals surface area contributed by atoms with Crippen LogP contribution in [0.25, 0.3) is 0 Å². The van der Waals surface area contributed by atoms with E-state index in [1.165, 1.54) is 6.07 Å². The molecule has 2 aromatic rings. The maximum absolute atomic E-state index is 13.7.